The average Bonchev–Trinajstić information content (AvgIpc) is 2.75. The number of benzene rings is 2. The number of carbonyl (C=O) groups is 3. The number of carbonyl (C=O) groups excluding carboxylic acids is 2. The van der Waals surface area contributed by atoms with E-state index in [0.717, 1.165) is 11.6 Å². The highest BCUT2D eigenvalue weighted by Gasteiger charge is 2.14. The molecule has 0 saturated carbocycles. The topological polar surface area (TPSA) is 131 Å². The fourth-order valence-electron chi connectivity index (χ4n) is 2.56. The molecule has 30 heavy (non-hydrogen) atoms. The first-order valence-electron chi connectivity index (χ1n) is 9.46. The molecule has 0 heterocycles. The molecule has 2 rings (SSSR count). The lowest BCUT2D eigenvalue weighted by atomic mass is 10.1. The van der Waals surface area contributed by atoms with Crippen molar-refractivity contribution in [2.75, 3.05) is 11.9 Å². The molecule has 0 aliphatic rings. The van der Waals surface area contributed by atoms with Gasteiger partial charge in [0.2, 0.25) is 5.91 Å². The lowest BCUT2D eigenvalue weighted by Gasteiger charge is -2.14. The molecule has 2 aromatic carbocycles. The van der Waals surface area contributed by atoms with Gasteiger partial charge in [-0.2, -0.15) is 0 Å². The summed E-state index contributed by atoms with van der Waals surface area (Å²) in [5, 5.41) is 14.1. The Hall–Kier alpha value is -3.65. The summed E-state index contributed by atoms with van der Waals surface area (Å²) in [7, 11) is 0. The Morgan fingerprint density at radius 2 is 1.77 bits per heavy atom. The molecule has 0 saturated heterocycles. The first-order valence-corrected chi connectivity index (χ1v) is 9.46. The Morgan fingerprint density at radius 1 is 1.07 bits per heavy atom. The number of hydrogen-bond acceptors (Lipinski definition) is 5. The number of nitrogens with two attached hydrogens (primary N) is 1. The van der Waals surface area contributed by atoms with Gasteiger partial charge in [-0.05, 0) is 36.1 Å². The Labute approximate surface area is 174 Å². The molecule has 8 heteroatoms. The van der Waals surface area contributed by atoms with Crippen molar-refractivity contribution in [3.05, 3.63) is 71.8 Å². The van der Waals surface area contributed by atoms with Crippen molar-refractivity contribution >= 4 is 29.7 Å². The monoisotopic (exact) mass is 411 g/mol. The summed E-state index contributed by atoms with van der Waals surface area (Å²) in [6, 6.07) is 15.4. The van der Waals surface area contributed by atoms with Crippen LogP contribution in [0, 0.1) is 0 Å². The van der Waals surface area contributed by atoms with Crippen molar-refractivity contribution in [3.63, 3.8) is 0 Å². The van der Waals surface area contributed by atoms with E-state index in [-0.39, 0.29) is 6.61 Å². The van der Waals surface area contributed by atoms with Crippen LogP contribution in [0.4, 0.5) is 10.5 Å². The Bertz CT molecular complexity index is 883. The van der Waals surface area contributed by atoms with Crippen molar-refractivity contribution in [2.45, 2.75) is 25.5 Å². The van der Waals surface area contributed by atoms with Crippen LogP contribution in [0.1, 0.15) is 24.0 Å². The highest BCUT2D eigenvalue weighted by Crippen LogP contribution is 2.17. The van der Waals surface area contributed by atoms with E-state index in [4.69, 9.17) is 15.6 Å². The number of nitrogens with one attached hydrogen (secondary N) is 2. The number of ether oxygens (including phenoxy) is 1. The van der Waals surface area contributed by atoms with E-state index in [1.807, 2.05) is 30.3 Å². The van der Waals surface area contributed by atoms with Gasteiger partial charge >= 0.3 is 12.1 Å². The van der Waals surface area contributed by atoms with E-state index in [2.05, 4.69) is 10.6 Å². The van der Waals surface area contributed by atoms with E-state index in [9.17, 15) is 14.4 Å². The van der Waals surface area contributed by atoms with Crippen LogP contribution in [0.2, 0.25) is 0 Å². The van der Waals surface area contributed by atoms with Crippen LogP contribution >= 0.6 is 0 Å². The number of anilines is 1. The minimum absolute atomic E-state index is 0.185. The molecule has 158 valence electrons. The maximum absolute atomic E-state index is 12.3. The molecule has 0 spiro atoms. The molecule has 5 N–H and O–H groups in total. The van der Waals surface area contributed by atoms with Gasteiger partial charge in [0, 0.05) is 18.3 Å². The van der Waals surface area contributed by atoms with Gasteiger partial charge in [-0.3, -0.25) is 4.79 Å². The predicted octanol–water partition coefficient (Wildman–Crippen LogP) is 2.76. The van der Waals surface area contributed by atoms with Crippen LogP contribution < -0.4 is 16.4 Å². The third-order valence-electron chi connectivity index (χ3n) is 4.13. The van der Waals surface area contributed by atoms with Gasteiger partial charge in [0.1, 0.15) is 6.61 Å². The summed E-state index contributed by atoms with van der Waals surface area (Å²) in [4.78, 5) is 34.7. The van der Waals surface area contributed by atoms with Gasteiger partial charge in [-0.1, -0.05) is 48.5 Å². The zero-order valence-corrected chi connectivity index (χ0v) is 16.4. The average molecular weight is 411 g/mol. The second-order valence-corrected chi connectivity index (χ2v) is 6.49. The van der Waals surface area contributed by atoms with E-state index >= 15 is 0 Å². The summed E-state index contributed by atoms with van der Waals surface area (Å²) in [6.07, 6.45) is 2.71. The maximum atomic E-state index is 12.3. The van der Waals surface area contributed by atoms with Gasteiger partial charge in [-0.15, -0.1) is 0 Å². The molecule has 0 unspecified atom stereocenters. The van der Waals surface area contributed by atoms with Gasteiger partial charge in [0.25, 0.3) is 0 Å². The third-order valence-corrected chi connectivity index (χ3v) is 4.13. The number of aliphatic carboxylic acids is 1. The Kier molecular flexibility index (Phi) is 9.08. The molecule has 0 aliphatic heterocycles. The maximum Gasteiger partial charge on any atom is 0.407 e. The second-order valence-electron chi connectivity index (χ2n) is 6.49. The molecule has 2 aromatic rings. The Balaban J connectivity index is 1.71. The van der Waals surface area contributed by atoms with Crippen LogP contribution in [0.3, 0.4) is 0 Å². The molecule has 0 fully saturated rings. The molecule has 2 amide bonds. The number of amides is 2. The summed E-state index contributed by atoms with van der Waals surface area (Å²) in [5.41, 5.74) is 7.84. The van der Waals surface area contributed by atoms with Gasteiger partial charge in [0.05, 0.1) is 6.04 Å². The highest BCUT2D eigenvalue weighted by molar-refractivity contribution is 5.97. The zero-order chi connectivity index (χ0) is 21.8. The van der Waals surface area contributed by atoms with Crippen LogP contribution in [0.15, 0.2) is 60.7 Å². The third kappa shape index (κ3) is 8.15. The minimum atomic E-state index is -1.08. The lowest BCUT2D eigenvalue weighted by molar-refractivity contribution is -0.131. The summed E-state index contributed by atoms with van der Waals surface area (Å²) in [6.45, 7) is 0.511. The van der Waals surface area contributed by atoms with Crippen molar-refractivity contribution in [1.29, 1.82) is 0 Å². The molecule has 1 atom stereocenters. The highest BCUT2D eigenvalue weighted by atomic mass is 16.5. The predicted molar refractivity (Wildman–Crippen MR) is 114 cm³/mol. The van der Waals surface area contributed by atoms with Crippen molar-refractivity contribution in [2.24, 2.45) is 5.73 Å². The van der Waals surface area contributed by atoms with Crippen molar-refractivity contribution in [1.82, 2.24) is 5.32 Å². The van der Waals surface area contributed by atoms with E-state index in [0.29, 0.717) is 30.6 Å². The smallest absolute Gasteiger partial charge is 0.407 e. The molecule has 0 radical (unpaired) electrons. The van der Waals surface area contributed by atoms with Crippen LogP contribution in [0.25, 0.3) is 6.08 Å². The van der Waals surface area contributed by atoms with E-state index in [1.165, 1.54) is 6.08 Å². The number of para-hydroxylation sites is 1. The fourth-order valence-corrected chi connectivity index (χ4v) is 2.56. The van der Waals surface area contributed by atoms with Crippen LogP contribution in [-0.4, -0.2) is 35.7 Å². The SMILES string of the molecule is N[C@@H](CCCNC(=O)OCc1ccccc1)C(=O)Nc1ccccc1C=CC(=O)O. The summed E-state index contributed by atoms with van der Waals surface area (Å²) in [5.74, 6) is -1.47. The molecule has 8 nitrogen and oxygen atoms in total. The molecule has 0 bridgehead atoms. The van der Waals surface area contributed by atoms with Crippen LogP contribution in [0.5, 0.6) is 0 Å². The standard InChI is InChI=1S/C22H25N3O5/c23-18(10-6-14-24-22(29)30-15-16-7-2-1-3-8-16)21(28)25-19-11-5-4-9-17(19)12-13-20(26)27/h1-5,7-9,11-13,18H,6,10,14-15,23H2,(H,24,29)(H,25,28)(H,26,27)/t18-/m0/s1. The minimum Gasteiger partial charge on any atom is -0.478 e. The lowest BCUT2D eigenvalue weighted by Crippen LogP contribution is -2.36. The zero-order valence-electron chi connectivity index (χ0n) is 16.4. The fraction of sp³-hybridized carbons (Fsp3) is 0.227. The van der Waals surface area contributed by atoms with Crippen molar-refractivity contribution < 1.29 is 24.2 Å². The van der Waals surface area contributed by atoms with E-state index < -0.39 is 24.0 Å². The van der Waals surface area contributed by atoms with Gasteiger partial charge in [-0.25, -0.2) is 9.59 Å². The number of carboxylic acids is 1. The second kappa shape index (κ2) is 12.0. The molecular formula is C22H25N3O5. The van der Waals surface area contributed by atoms with Gasteiger partial charge in [0.15, 0.2) is 0 Å². The van der Waals surface area contributed by atoms with Crippen molar-refractivity contribution in [3.8, 4) is 0 Å². The number of alkyl carbamates (subject to hydrolysis) is 1. The summed E-state index contributed by atoms with van der Waals surface area (Å²) >= 11 is 0. The molecular weight excluding hydrogens is 386 g/mol. The van der Waals surface area contributed by atoms with E-state index in [1.54, 1.807) is 24.3 Å². The number of hydrogen-bond donors (Lipinski definition) is 4. The molecule has 0 aliphatic carbocycles. The quantitative estimate of drug-likeness (QED) is 0.351. The summed E-state index contributed by atoms with van der Waals surface area (Å²) < 4.78 is 5.11. The number of carboxylic acid groups (broad SMARTS) is 1. The normalized spacial score (nSPS) is 11.6. The Morgan fingerprint density at radius 3 is 2.50 bits per heavy atom. The first-order chi connectivity index (χ1) is 14.5. The van der Waals surface area contributed by atoms with Crippen LogP contribution in [-0.2, 0) is 20.9 Å². The molecule has 0 aromatic heterocycles. The first kappa shape index (κ1) is 22.6. The number of rotatable bonds is 10. The largest absolute Gasteiger partial charge is 0.478 e. The van der Waals surface area contributed by atoms with Gasteiger partial charge < -0.3 is 26.2 Å².